The molecule has 4 aromatic rings. The molecule has 4 rings (SSSR count). The maximum Gasteiger partial charge on any atom is 0.344 e. The first-order valence-electron chi connectivity index (χ1n) is 12.4. The van der Waals surface area contributed by atoms with E-state index in [4.69, 9.17) is 14.8 Å². The van der Waals surface area contributed by atoms with Crippen molar-refractivity contribution in [2.24, 2.45) is 4.99 Å². The number of guanidine groups is 1. The zero-order valence-corrected chi connectivity index (χ0v) is 21.9. The number of ether oxygens (including phenoxy) is 1. The van der Waals surface area contributed by atoms with Gasteiger partial charge in [0.15, 0.2) is 5.82 Å². The van der Waals surface area contributed by atoms with Crippen LogP contribution in [0.4, 0.5) is 11.5 Å². The van der Waals surface area contributed by atoms with Crippen molar-refractivity contribution < 1.29 is 9.53 Å². The third kappa shape index (κ3) is 7.01. The van der Waals surface area contributed by atoms with Gasteiger partial charge < -0.3 is 15.4 Å². The Hall–Kier alpha value is -4.04. The third-order valence-corrected chi connectivity index (χ3v) is 6.36. The zero-order chi connectivity index (χ0) is 25.9. The number of benzene rings is 3. The highest BCUT2D eigenvalue weighted by Crippen LogP contribution is 2.33. The second-order valence-corrected chi connectivity index (χ2v) is 9.08. The summed E-state index contributed by atoms with van der Waals surface area (Å²) in [6, 6.07) is 29.6. The van der Waals surface area contributed by atoms with Gasteiger partial charge in [-0.25, -0.2) is 9.48 Å². The van der Waals surface area contributed by atoms with Crippen LogP contribution in [0.3, 0.4) is 0 Å². The van der Waals surface area contributed by atoms with Crippen LogP contribution in [-0.4, -0.2) is 34.9 Å². The maximum atomic E-state index is 13.3. The Balaban J connectivity index is 1.78. The largest absolute Gasteiger partial charge is 0.462 e. The molecule has 0 aliphatic heterocycles. The summed E-state index contributed by atoms with van der Waals surface area (Å²) in [7, 11) is 0. The molecular weight excluding hydrogens is 482 g/mol. The van der Waals surface area contributed by atoms with Gasteiger partial charge in [0.25, 0.3) is 0 Å². The molecule has 37 heavy (non-hydrogen) atoms. The number of thioether (sulfide) groups is 1. The Labute approximate surface area is 222 Å². The van der Waals surface area contributed by atoms with Crippen molar-refractivity contribution in [1.29, 1.82) is 0 Å². The van der Waals surface area contributed by atoms with E-state index in [-0.39, 0.29) is 6.61 Å². The molecule has 0 bridgehead atoms. The number of hydrogen-bond acceptors (Lipinski definition) is 5. The van der Waals surface area contributed by atoms with Crippen molar-refractivity contribution in [2.75, 3.05) is 23.8 Å². The lowest BCUT2D eigenvalue weighted by atomic mass is 10.2. The quantitative estimate of drug-likeness (QED) is 0.107. The van der Waals surface area contributed by atoms with Gasteiger partial charge in [0, 0.05) is 18.0 Å². The summed E-state index contributed by atoms with van der Waals surface area (Å²) in [6.07, 6.45) is 0.877. The molecule has 1 aromatic heterocycles. The molecule has 0 unspecified atom stereocenters. The minimum atomic E-state index is -0.433. The van der Waals surface area contributed by atoms with Crippen molar-refractivity contribution >= 4 is 35.2 Å². The van der Waals surface area contributed by atoms with Crippen LogP contribution in [0.2, 0.25) is 0 Å². The summed E-state index contributed by atoms with van der Waals surface area (Å²) in [5.41, 5.74) is 3.22. The summed E-state index contributed by atoms with van der Waals surface area (Å²) in [6.45, 7) is 4.75. The number of carbonyl (C=O) groups is 1. The molecule has 190 valence electrons. The van der Waals surface area contributed by atoms with Crippen molar-refractivity contribution in [1.82, 2.24) is 9.78 Å². The van der Waals surface area contributed by atoms with Crippen molar-refractivity contribution in [3.05, 3.63) is 102 Å². The monoisotopic (exact) mass is 513 g/mol. The minimum Gasteiger partial charge on any atom is -0.462 e. The lowest BCUT2D eigenvalue weighted by Gasteiger charge is -2.15. The van der Waals surface area contributed by atoms with Crippen molar-refractivity contribution in [2.45, 2.75) is 31.0 Å². The Morgan fingerprint density at radius 2 is 1.57 bits per heavy atom. The van der Waals surface area contributed by atoms with Gasteiger partial charge in [-0.05, 0) is 43.2 Å². The van der Waals surface area contributed by atoms with Crippen LogP contribution in [0.1, 0.15) is 36.2 Å². The first kappa shape index (κ1) is 26.0. The average molecular weight is 514 g/mol. The summed E-state index contributed by atoms with van der Waals surface area (Å²) < 4.78 is 7.23. The lowest BCUT2D eigenvalue weighted by molar-refractivity contribution is 0.0523. The van der Waals surface area contributed by atoms with E-state index in [2.05, 4.69) is 29.7 Å². The number of hydrogen-bond donors (Lipinski definition) is 2. The van der Waals surface area contributed by atoms with Crippen LogP contribution >= 0.6 is 11.8 Å². The number of aliphatic imine (C=N–C) groups is 1. The first-order chi connectivity index (χ1) is 18.2. The van der Waals surface area contributed by atoms with Gasteiger partial charge in [0.05, 0.1) is 12.3 Å². The average Bonchev–Trinajstić information content (AvgIpc) is 3.30. The number of carbonyl (C=O) groups excluding carboxylic acids is 1. The Kier molecular flexibility index (Phi) is 9.37. The molecule has 0 amide bonds. The van der Waals surface area contributed by atoms with Crippen LogP contribution in [0.5, 0.6) is 0 Å². The fourth-order valence-electron chi connectivity index (χ4n) is 3.59. The SMILES string of the molecule is CCCN=C(Nc1ccccc1)Nc1c(C(=O)OCC)c(SCc2ccccc2)nn1-c1ccccc1. The van der Waals surface area contributed by atoms with E-state index in [1.54, 1.807) is 11.6 Å². The van der Waals surface area contributed by atoms with E-state index in [9.17, 15) is 4.79 Å². The molecule has 0 saturated carbocycles. The number of nitrogens with zero attached hydrogens (tertiary/aromatic N) is 3. The molecule has 0 aliphatic carbocycles. The van der Waals surface area contributed by atoms with Gasteiger partial charge in [0.2, 0.25) is 5.96 Å². The Morgan fingerprint density at radius 3 is 2.22 bits per heavy atom. The normalized spacial score (nSPS) is 11.2. The number of esters is 1. The number of anilines is 2. The fraction of sp³-hybridized carbons (Fsp3) is 0.207. The second kappa shape index (κ2) is 13.3. The molecule has 8 heteroatoms. The molecule has 3 aromatic carbocycles. The highest BCUT2D eigenvalue weighted by molar-refractivity contribution is 7.98. The standard InChI is InChI=1S/C29H31N5O2S/c1-3-20-30-29(31-23-16-10-6-11-17-23)32-26-25(28(35)36-4-2)27(37-21-22-14-8-5-9-15-22)33-34(26)24-18-12-7-13-19-24/h5-19H,3-4,20-21H2,1-2H3,(H2,30,31,32). The Bertz CT molecular complexity index is 1310. The summed E-state index contributed by atoms with van der Waals surface area (Å²) in [4.78, 5) is 18.0. The van der Waals surface area contributed by atoms with Crippen LogP contribution in [-0.2, 0) is 10.5 Å². The molecule has 7 nitrogen and oxygen atoms in total. The van der Waals surface area contributed by atoms with Gasteiger partial charge in [-0.3, -0.25) is 4.99 Å². The maximum absolute atomic E-state index is 13.3. The van der Waals surface area contributed by atoms with Crippen LogP contribution in [0, 0.1) is 0 Å². The van der Waals surface area contributed by atoms with E-state index in [1.807, 2.05) is 78.9 Å². The second-order valence-electron chi connectivity index (χ2n) is 8.12. The van der Waals surface area contributed by atoms with Crippen LogP contribution in [0.25, 0.3) is 5.69 Å². The van der Waals surface area contributed by atoms with Gasteiger partial charge >= 0.3 is 5.97 Å². The molecule has 0 atom stereocenters. The van der Waals surface area contributed by atoms with Crippen molar-refractivity contribution in [3.8, 4) is 5.69 Å². The highest BCUT2D eigenvalue weighted by atomic mass is 32.2. The van der Waals surface area contributed by atoms with E-state index in [1.165, 1.54) is 11.8 Å². The molecule has 2 N–H and O–H groups in total. The van der Waals surface area contributed by atoms with Gasteiger partial charge in [-0.2, -0.15) is 5.10 Å². The third-order valence-electron chi connectivity index (χ3n) is 5.32. The predicted octanol–water partition coefficient (Wildman–Crippen LogP) is 6.63. The highest BCUT2D eigenvalue weighted by Gasteiger charge is 2.27. The molecule has 0 saturated heterocycles. The number of nitrogens with one attached hydrogen (secondary N) is 2. The summed E-state index contributed by atoms with van der Waals surface area (Å²) in [5.74, 6) is 1.25. The Morgan fingerprint density at radius 1 is 0.919 bits per heavy atom. The van der Waals surface area contributed by atoms with E-state index in [0.717, 1.165) is 23.4 Å². The smallest absolute Gasteiger partial charge is 0.344 e. The van der Waals surface area contributed by atoms with Crippen LogP contribution < -0.4 is 10.6 Å². The fourth-order valence-corrected chi connectivity index (χ4v) is 4.55. The van der Waals surface area contributed by atoms with E-state index >= 15 is 0 Å². The molecule has 0 radical (unpaired) electrons. The number of para-hydroxylation sites is 2. The minimum absolute atomic E-state index is 0.261. The van der Waals surface area contributed by atoms with E-state index in [0.29, 0.717) is 34.7 Å². The van der Waals surface area contributed by atoms with Crippen molar-refractivity contribution in [3.63, 3.8) is 0 Å². The van der Waals surface area contributed by atoms with Gasteiger partial charge in [0.1, 0.15) is 10.6 Å². The predicted molar refractivity (Wildman–Crippen MR) is 152 cm³/mol. The molecule has 0 fully saturated rings. The summed E-state index contributed by atoms with van der Waals surface area (Å²) in [5, 5.41) is 12.2. The topological polar surface area (TPSA) is 80.5 Å². The van der Waals surface area contributed by atoms with E-state index < -0.39 is 5.97 Å². The molecule has 0 aliphatic rings. The lowest BCUT2D eigenvalue weighted by Crippen LogP contribution is -2.25. The number of rotatable bonds is 10. The molecule has 0 spiro atoms. The van der Waals surface area contributed by atoms with Gasteiger partial charge in [-0.1, -0.05) is 85.4 Å². The molecule has 1 heterocycles. The van der Waals surface area contributed by atoms with Gasteiger partial charge in [-0.15, -0.1) is 0 Å². The summed E-state index contributed by atoms with van der Waals surface area (Å²) >= 11 is 1.50. The zero-order valence-electron chi connectivity index (χ0n) is 21.1. The number of aromatic nitrogens is 2. The first-order valence-corrected chi connectivity index (χ1v) is 13.3. The van der Waals surface area contributed by atoms with Crippen LogP contribution in [0.15, 0.2) is 101 Å². The molecular formula is C29H31N5O2S.